The summed E-state index contributed by atoms with van der Waals surface area (Å²) in [5, 5.41) is 3.26. The second kappa shape index (κ2) is 8.48. The van der Waals surface area contributed by atoms with E-state index in [-0.39, 0.29) is 18.3 Å². The third-order valence-electron chi connectivity index (χ3n) is 5.27. The molecular formula is C21H26N2O4. The number of piperidine rings is 1. The third kappa shape index (κ3) is 3.81. The maximum atomic E-state index is 13.4. The van der Waals surface area contributed by atoms with Gasteiger partial charge in [-0.2, -0.15) is 0 Å². The molecule has 1 fully saturated rings. The lowest BCUT2D eigenvalue weighted by Crippen LogP contribution is -2.46. The lowest BCUT2D eigenvalue weighted by atomic mass is 9.72. The lowest BCUT2D eigenvalue weighted by molar-refractivity contribution is -0.155. The Bertz CT molecular complexity index is 721. The molecule has 2 aliphatic heterocycles. The predicted molar refractivity (Wildman–Crippen MR) is 103 cm³/mol. The van der Waals surface area contributed by atoms with Crippen LogP contribution in [0.1, 0.15) is 25.3 Å². The van der Waals surface area contributed by atoms with Crippen molar-refractivity contribution in [1.82, 2.24) is 5.32 Å². The summed E-state index contributed by atoms with van der Waals surface area (Å²) in [6.07, 6.45) is 6.70. The molecule has 6 nitrogen and oxygen atoms in total. The number of carbonyl (C=O) groups excluding carboxylic acids is 2. The van der Waals surface area contributed by atoms with Crippen LogP contribution < -0.4 is 10.1 Å². The Labute approximate surface area is 159 Å². The summed E-state index contributed by atoms with van der Waals surface area (Å²) in [6, 6.07) is 7.34. The number of ether oxygens (including phenoxy) is 2. The fourth-order valence-corrected chi connectivity index (χ4v) is 3.85. The van der Waals surface area contributed by atoms with Gasteiger partial charge in [-0.1, -0.05) is 12.1 Å². The van der Waals surface area contributed by atoms with E-state index in [2.05, 4.69) is 10.3 Å². The summed E-state index contributed by atoms with van der Waals surface area (Å²) in [7, 11) is 1.60. The van der Waals surface area contributed by atoms with E-state index < -0.39 is 17.4 Å². The molecule has 1 aromatic carbocycles. The number of allylic oxidation sites excluding steroid dienone is 1. The molecule has 6 heteroatoms. The van der Waals surface area contributed by atoms with Gasteiger partial charge in [-0.25, -0.2) is 0 Å². The summed E-state index contributed by atoms with van der Waals surface area (Å²) in [4.78, 5) is 31.0. The van der Waals surface area contributed by atoms with Crippen molar-refractivity contribution in [3.8, 4) is 5.75 Å². The van der Waals surface area contributed by atoms with E-state index in [1.54, 1.807) is 26.3 Å². The molecular weight excluding hydrogens is 344 g/mol. The molecule has 0 aromatic heterocycles. The van der Waals surface area contributed by atoms with Crippen LogP contribution in [0.5, 0.6) is 5.75 Å². The van der Waals surface area contributed by atoms with Crippen molar-refractivity contribution in [2.24, 2.45) is 16.8 Å². The largest absolute Gasteiger partial charge is 0.497 e. The number of ketones is 1. The van der Waals surface area contributed by atoms with Crippen LogP contribution in [0.4, 0.5) is 0 Å². The molecule has 0 saturated carbocycles. The van der Waals surface area contributed by atoms with Crippen LogP contribution in [-0.2, 0) is 19.9 Å². The van der Waals surface area contributed by atoms with E-state index in [9.17, 15) is 9.59 Å². The van der Waals surface area contributed by atoms with Crippen molar-refractivity contribution >= 4 is 18.0 Å². The van der Waals surface area contributed by atoms with Crippen molar-refractivity contribution in [3.63, 3.8) is 0 Å². The number of Topliss-reactive ketones (excluding diaryl/α,β-unsaturated/α-hetero) is 1. The highest BCUT2D eigenvalue weighted by molar-refractivity contribution is 6.03. The number of esters is 1. The molecule has 27 heavy (non-hydrogen) atoms. The quantitative estimate of drug-likeness (QED) is 0.589. The van der Waals surface area contributed by atoms with Gasteiger partial charge in [-0.15, -0.1) is 0 Å². The number of aliphatic imine (C=N–C) groups is 1. The lowest BCUT2D eigenvalue weighted by Gasteiger charge is -2.34. The molecule has 0 aliphatic carbocycles. The first-order valence-electron chi connectivity index (χ1n) is 9.41. The first-order chi connectivity index (χ1) is 13.1. The van der Waals surface area contributed by atoms with E-state index in [0.29, 0.717) is 5.75 Å². The summed E-state index contributed by atoms with van der Waals surface area (Å²) in [6.45, 7) is 3.53. The topological polar surface area (TPSA) is 77.0 Å². The van der Waals surface area contributed by atoms with Crippen LogP contribution in [-0.4, -0.2) is 44.8 Å². The van der Waals surface area contributed by atoms with Crippen molar-refractivity contribution in [2.75, 3.05) is 26.8 Å². The monoisotopic (exact) mass is 370 g/mol. The highest BCUT2D eigenvalue weighted by atomic mass is 16.5. The van der Waals surface area contributed by atoms with Gasteiger partial charge in [0.15, 0.2) is 5.78 Å². The fraction of sp³-hybridized carbons (Fsp3) is 0.476. The second-order valence-electron chi connectivity index (χ2n) is 6.80. The van der Waals surface area contributed by atoms with Crippen LogP contribution in [0.2, 0.25) is 0 Å². The average Bonchev–Trinajstić information content (AvgIpc) is 3.19. The van der Waals surface area contributed by atoms with Gasteiger partial charge in [0.05, 0.1) is 13.7 Å². The minimum atomic E-state index is -1.07. The Balaban J connectivity index is 2.03. The van der Waals surface area contributed by atoms with Crippen molar-refractivity contribution in [1.29, 1.82) is 0 Å². The summed E-state index contributed by atoms with van der Waals surface area (Å²) < 4.78 is 10.5. The Morgan fingerprint density at radius 1 is 1.26 bits per heavy atom. The number of hydrogen-bond acceptors (Lipinski definition) is 6. The number of hydrogen-bond donors (Lipinski definition) is 1. The van der Waals surface area contributed by atoms with Gasteiger partial charge in [0.2, 0.25) is 0 Å². The first-order valence-corrected chi connectivity index (χ1v) is 9.41. The van der Waals surface area contributed by atoms with Crippen LogP contribution in [0, 0.1) is 11.8 Å². The fourth-order valence-electron chi connectivity index (χ4n) is 3.85. The van der Waals surface area contributed by atoms with Gasteiger partial charge in [0.1, 0.15) is 17.2 Å². The summed E-state index contributed by atoms with van der Waals surface area (Å²) in [5.74, 6) is -1.06. The minimum Gasteiger partial charge on any atom is -0.497 e. The van der Waals surface area contributed by atoms with Gasteiger partial charge in [0, 0.05) is 12.1 Å². The summed E-state index contributed by atoms with van der Waals surface area (Å²) in [5.41, 5.74) is -0.297. The molecule has 0 spiro atoms. The van der Waals surface area contributed by atoms with E-state index in [4.69, 9.17) is 9.47 Å². The number of rotatable bonds is 7. The van der Waals surface area contributed by atoms with Crippen molar-refractivity contribution in [2.45, 2.75) is 25.3 Å². The molecule has 3 rings (SSSR count). The van der Waals surface area contributed by atoms with Crippen LogP contribution in [0.25, 0.3) is 0 Å². The first kappa shape index (κ1) is 19.3. The molecule has 2 unspecified atom stereocenters. The number of carbonyl (C=O) groups is 2. The Morgan fingerprint density at radius 3 is 2.52 bits per heavy atom. The zero-order chi connectivity index (χ0) is 19.3. The molecule has 0 radical (unpaired) electrons. The zero-order valence-corrected chi connectivity index (χ0v) is 15.8. The van der Waals surface area contributed by atoms with Crippen LogP contribution in [0.15, 0.2) is 41.4 Å². The molecule has 1 N–H and O–H groups in total. The maximum Gasteiger partial charge on any atom is 0.319 e. The van der Waals surface area contributed by atoms with Gasteiger partial charge in [-0.3, -0.25) is 14.6 Å². The number of benzene rings is 1. The molecule has 1 aromatic rings. The summed E-state index contributed by atoms with van der Waals surface area (Å²) >= 11 is 0. The smallest absolute Gasteiger partial charge is 0.319 e. The van der Waals surface area contributed by atoms with Gasteiger partial charge < -0.3 is 14.8 Å². The van der Waals surface area contributed by atoms with Crippen LogP contribution >= 0.6 is 0 Å². The molecule has 2 atom stereocenters. The molecule has 2 heterocycles. The Morgan fingerprint density at radius 2 is 1.96 bits per heavy atom. The second-order valence-corrected chi connectivity index (χ2v) is 6.80. The van der Waals surface area contributed by atoms with Crippen molar-refractivity contribution in [3.05, 3.63) is 42.0 Å². The Hall–Kier alpha value is -2.47. The molecule has 144 valence electrons. The number of nitrogens with one attached hydrogen (secondary N) is 1. The van der Waals surface area contributed by atoms with E-state index >= 15 is 0 Å². The molecule has 1 saturated heterocycles. The Kier molecular flexibility index (Phi) is 6.06. The van der Waals surface area contributed by atoms with Gasteiger partial charge in [0.25, 0.3) is 0 Å². The normalized spacial score (nSPS) is 23.2. The standard InChI is InChI=1S/C21H26N2O4/c1-3-27-20(25)18(19(24)15-9-13-22-14-10-15)21(11-4-12-23-21)16-5-7-17(26-2)8-6-16/h4-8,11-12,15,18,22H,3,9-10,13-14H2,1-2H3. The third-order valence-corrected chi connectivity index (χ3v) is 5.27. The minimum absolute atomic E-state index is 0.0885. The van der Waals surface area contributed by atoms with E-state index in [0.717, 1.165) is 31.5 Å². The van der Waals surface area contributed by atoms with Gasteiger partial charge >= 0.3 is 5.97 Å². The van der Waals surface area contributed by atoms with Crippen molar-refractivity contribution < 1.29 is 19.1 Å². The highest BCUT2D eigenvalue weighted by Gasteiger charge is 2.50. The number of methoxy groups -OCH3 is 1. The predicted octanol–water partition coefficient (Wildman–Crippen LogP) is 2.28. The van der Waals surface area contributed by atoms with E-state index in [1.165, 1.54) is 0 Å². The highest BCUT2D eigenvalue weighted by Crippen LogP contribution is 2.41. The average molecular weight is 370 g/mol. The SMILES string of the molecule is CCOC(=O)C(C(=O)C1CCNCC1)C1(c2ccc(OC)cc2)C=CC=N1. The molecule has 2 aliphatic rings. The maximum absolute atomic E-state index is 13.4. The van der Waals surface area contributed by atoms with Gasteiger partial charge in [-0.05, 0) is 62.7 Å². The van der Waals surface area contributed by atoms with E-state index in [1.807, 2.05) is 30.3 Å². The molecule has 0 amide bonds. The van der Waals surface area contributed by atoms with Crippen LogP contribution in [0.3, 0.4) is 0 Å². The zero-order valence-electron chi connectivity index (χ0n) is 15.8. The molecule has 0 bridgehead atoms. The number of nitrogens with zero attached hydrogens (tertiary/aromatic N) is 1.